The van der Waals surface area contributed by atoms with Gasteiger partial charge in [-0.2, -0.15) is 0 Å². The van der Waals surface area contributed by atoms with E-state index in [-0.39, 0.29) is 0 Å². The van der Waals surface area contributed by atoms with Gasteiger partial charge in [-0.1, -0.05) is 12.2 Å². The van der Waals surface area contributed by atoms with Gasteiger partial charge in [-0.25, -0.2) is 4.39 Å². The highest BCUT2D eigenvalue weighted by atomic mass is 19.1. The normalized spacial score (nSPS) is 15.3. The van der Waals surface area contributed by atoms with Crippen LogP contribution in [0.25, 0.3) is 0 Å². The molecular weight excluding hydrogens is 95.1 g/mol. The minimum atomic E-state index is -1.18. The maximum atomic E-state index is 11.8. The first-order valence-electron chi connectivity index (χ1n) is 2.19. The van der Waals surface area contributed by atoms with Crippen molar-refractivity contribution in [1.82, 2.24) is 0 Å². The Labute approximate surface area is 42.5 Å². The fourth-order valence-electron chi connectivity index (χ4n) is 0.270. The predicted molar refractivity (Wildman–Crippen MR) is 26.8 cm³/mol. The third kappa shape index (κ3) is 3.46. The molecule has 0 aliphatic carbocycles. The summed E-state index contributed by atoms with van der Waals surface area (Å²) in [6, 6.07) is 0. The molecule has 0 bridgehead atoms. The maximum Gasteiger partial charge on any atom is 0.141 e. The van der Waals surface area contributed by atoms with Crippen LogP contribution in [0.2, 0.25) is 0 Å². The first-order chi connectivity index (χ1) is 3.31. The molecule has 0 radical (unpaired) electrons. The molecule has 0 spiro atoms. The highest BCUT2D eigenvalue weighted by Crippen LogP contribution is 1.88. The maximum absolute atomic E-state index is 11.8. The van der Waals surface area contributed by atoms with Gasteiger partial charge >= 0.3 is 0 Å². The van der Waals surface area contributed by atoms with Crippen LogP contribution in [0, 0.1) is 0 Å². The van der Waals surface area contributed by atoms with Gasteiger partial charge in [-0.15, -0.1) is 0 Å². The monoisotopic (exact) mass is 104 g/mol. The number of alkyl halides is 1. The van der Waals surface area contributed by atoms with E-state index in [2.05, 4.69) is 0 Å². The van der Waals surface area contributed by atoms with E-state index in [1.54, 1.807) is 13.0 Å². The average Bonchev–Trinajstić information content (AvgIpc) is 1.68. The molecule has 1 unspecified atom stereocenters. The number of hydrogen-bond acceptors (Lipinski definition) is 1. The highest BCUT2D eigenvalue weighted by molar-refractivity contribution is 4.84. The first kappa shape index (κ1) is 6.63. The van der Waals surface area contributed by atoms with Gasteiger partial charge in [0.2, 0.25) is 0 Å². The van der Waals surface area contributed by atoms with Crippen molar-refractivity contribution >= 4 is 0 Å². The van der Waals surface area contributed by atoms with E-state index in [0.29, 0.717) is 0 Å². The van der Waals surface area contributed by atoms with E-state index >= 15 is 0 Å². The molecule has 0 aromatic rings. The zero-order chi connectivity index (χ0) is 5.70. The van der Waals surface area contributed by atoms with Gasteiger partial charge < -0.3 is 5.11 Å². The molecule has 0 fully saturated rings. The van der Waals surface area contributed by atoms with Crippen molar-refractivity contribution in [2.75, 3.05) is 6.61 Å². The summed E-state index contributed by atoms with van der Waals surface area (Å²) in [7, 11) is 0. The predicted octanol–water partition coefficient (Wildman–Crippen LogP) is 0.893. The standard InChI is InChI=1S/C5H9FO/c1-2-3-5(6)4-7/h2-3,5,7H,4H2,1H3. The Bertz CT molecular complexity index is 61.1. The second-order valence-electron chi connectivity index (χ2n) is 1.22. The lowest BCUT2D eigenvalue weighted by molar-refractivity contribution is 0.209. The first-order valence-corrected chi connectivity index (χ1v) is 2.19. The van der Waals surface area contributed by atoms with Crippen molar-refractivity contribution in [3.63, 3.8) is 0 Å². The summed E-state index contributed by atoms with van der Waals surface area (Å²) >= 11 is 0. The van der Waals surface area contributed by atoms with Gasteiger partial charge in [-0.05, 0) is 6.92 Å². The molecular formula is C5H9FO. The van der Waals surface area contributed by atoms with Gasteiger partial charge in [0.05, 0.1) is 6.61 Å². The number of allylic oxidation sites excluding steroid dienone is 1. The number of halogens is 1. The lowest BCUT2D eigenvalue weighted by Crippen LogP contribution is -1.99. The van der Waals surface area contributed by atoms with E-state index in [1.165, 1.54) is 6.08 Å². The molecule has 0 saturated heterocycles. The zero-order valence-electron chi connectivity index (χ0n) is 4.26. The summed E-state index contributed by atoms with van der Waals surface area (Å²) in [4.78, 5) is 0. The molecule has 0 saturated carbocycles. The number of aliphatic hydroxyl groups excluding tert-OH is 1. The van der Waals surface area contributed by atoms with Crippen LogP contribution in [0.4, 0.5) is 4.39 Å². The van der Waals surface area contributed by atoms with Crippen molar-refractivity contribution in [2.24, 2.45) is 0 Å². The molecule has 0 aliphatic rings. The van der Waals surface area contributed by atoms with Crippen molar-refractivity contribution in [3.8, 4) is 0 Å². The van der Waals surface area contributed by atoms with Crippen LogP contribution in [0.1, 0.15) is 6.92 Å². The zero-order valence-corrected chi connectivity index (χ0v) is 4.26. The molecule has 2 heteroatoms. The Balaban J connectivity index is 3.16. The molecule has 42 valence electrons. The molecule has 0 heterocycles. The summed E-state index contributed by atoms with van der Waals surface area (Å²) in [5.74, 6) is 0. The Morgan fingerprint density at radius 3 is 2.57 bits per heavy atom. The van der Waals surface area contributed by atoms with E-state index in [0.717, 1.165) is 0 Å². The van der Waals surface area contributed by atoms with E-state index in [9.17, 15) is 4.39 Å². The Hall–Kier alpha value is -0.370. The molecule has 0 aromatic heterocycles. The SMILES string of the molecule is CC=CC(F)CO. The lowest BCUT2D eigenvalue weighted by Gasteiger charge is -1.90. The number of hydrogen-bond donors (Lipinski definition) is 1. The Morgan fingerprint density at radius 2 is 2.43 bits per heavy atom. The van der Waals surface area contributed by atoms with Crippen LogP contribution >= 0.6 is 0 Å². The van der Waals surface area contributed by atoms with Crippen LogP contribution in [0.5, 0.6) is 0 Å². The van der Waals surface area contributed by atoms with E-state index < -0.39 is 12.8 Å². The number of rotatable bonds is 2. The molecule has 1 nitrogen and oxygen atoms in total. The number of aliphatic hydroxyl groups is 1. The summed E-state index contributed by atoms with van der Waals surface area (Å²) in [5, 5.41) is 8.04. The molecule has 0 amide bonds. The smallest absolute Gasteiger partial charge is 0.141 e. The van der Waals surface area contributed by atoms with Gasteiger partial charge in [0, 0.05) is 0 Å². The van der Waals surface area contributed by atoms with Crippen molar-refractivity contribution in [1.29, 1.82) is 0 Å². The van der Waals surface area contributed by atoms with Crippen LogP contribution in [0.3, 0.4) is 0 Å². The minimum Gasteiger partial charge on any atom is -0.393 e. The fraction of sp³-hybridized carbons (Fsp3) is 0.600. The van der Waals surface area contributed by atoms with Crippen LogP contribution < -0.4 is 0 Å². The van der Waals surface area contributed by atoms with Crippen LogP contribution in [0.15, 0.2) is 12.2 Å². The lowest BCUT2D eigenvalue weighted by atomic mass is 10.4. The van der Waals surface area contributed by atoms with E-state index in [1.807, 2.05) is 0 Å². The molecule has 1 atom stereocenters. The topological polar surface area (TPSA) is 20.2 Å². The third-order valence-electron chi connectivity index (χ3n) is 0.576. The molecule has 0 aromatic carbocycles. The molecule has 0 aliphatic heterocycles. The molecule has 0 rings (SSSR count). The Kier molecular flexibility index (Phi) is 3.61. The van der Waals surface area contributed by atoms with Crippen LogP contribution in [-0.2, 0) is 0 Å². The summed E-state index contributed by atoms with van der Waals surface area (Å²) < 4.78 is 11.8. The summed E-state index contributed by atoms with van der Waals surface area (Å²) in [5.41, 5.74) is 0. The largest absolute Gasteiger partial charge is 0.393 e. The summed E-state index contributed by atoms with van der Waals surface area (Å²) in [6.45, 7) is 1.30. The second-order valence-corrected chi connectivity index (χ2v) is 1.22. The van der Waals surface area contributed by atoms with Gasteiger partial charge in [0.15, 0.2) is 0 Å². The average molecular weight is 104 g/mol. The van der Waals surface area contributed by atoms with Gasteiger partial charge in [0.25, 0.3) is 0 Å². The highest BCUT2D eigenvalue weighted by Gasteiger charge is 1.92. The van der Waals surface area contributed by atoms with Crippen molar-refractivity contribution in [2.45, 2.75) is 13.1 Å². The van der Waals surface area contributed by atoms with Crippen molar-refractivity contribution < 1.29 is 9.50 Å². The van der Waals surface area contributed by atoms with Gasteiger partial charge in [0.1, 0.15) is 6.17 Å². The van der Waals surface area contributed by atoms with Crippen molar-refractivity contribution in [3.05, 3.63) is 12.2 Å². The third-order valence-corrected chi connectivity index (χ3v) is 0.576. The Morgan fingerprint density at radius 1 is 1.86 bits per heavy atom. The van der Waals surface area contributed by atoms with E-state index in [4.69, 9.17) is 5.11 Å². The second kappa shape index (κ2) is 3.81. The molecule has 7 heavy (non-hydrogen) atoms. The quantitative estimate of drug-likeness (QED) is 0.516. The minimum absolute atomic E-state index is 0.412. The fourth-order valence-corrected chi connectivity index (χ4v) is 0.270. The van der Waals surface area contributed by atoms with Gasteiger partial charge in [-0.3, -0.25) is 0 Å². The molecule has 1 N–H and O–H groups in total. The van der Waals surface area contributed by atoms with Crippen LogP contribution in [-0.4, -0.2) is 17.9 Å². The summed E-state index contributed by atoms with van der Waals surface area (Å²) in [6.07, 6.45) is 1.70.